The Bertz CT molecular complexity index is 903. The summed E-state index contributed by atoms with van der Waals surface area (Å²) in [4.78, 5) is 10.2. The first-order chi connectivity index (χ1) is 13.7. The molecular weight excluding hydrogens is 372 g/mol. The highest BCUT2D eigenvalue weighted by atomic mass is 32.1. The third-order valence-corrected chi connectivity index (χ3v) is 4.85. The summed E-state index contributed by atoms with van der Waals surface area (Å²) in [6, 6.07) is 10.2. The smallest absolute Gasteiger partial charge is 0.236 e. The molecule has 0 amide bonds. The van der Waals surface area contributed by atoms with Crippen LogP contribution in [0.2, 0.25) is 0 Å². The van der Waals surface area contributed by atoms with E-state index >= 15 is 0 Å². The molecule has 0 saturated carbocycles. The minimum absolute atomic E-state index is 0.532. The van der Waals surface area contributed by atoms with E-state index in [9.17, 15) is 0 Å². The predicted octanol–water partition coefficient (Wildman–Crippen LogP) is 4.37. The Labute approximate surface area is 169 Å². The number of oxazole rings is 1. The van der Waals surface area contributed by atoms with Gasteiger partial charge in [-0.2, -0.15) is 0 Å². The Kier molecular flexibility index (Phi) is 7.08. The van der Waals surface area contributed by atoms with Crippen LogP contribution in [0.15, 0.2) is 51.4 Å². The summed E-state index contributed by atoms with van der Waals surface area (Å²) in [5.74, 6) is 2.26. The predicted molar refractivity (Wildman–Crippen MR) is 114 cm³/mol. The molecule has 2 N–H and O–H groups in total. The van der Waals surface area contributed by atoms with Gasteiger partial charge in [0, 0.05) is 12.1 Å². The molecule has 3 rings (SSSR count). The molecule has 0 spiro atoms. The summed E-state index contributed by atoms with van der Waals surface area (Å²) < 4.78 is 11.3. The van der Waals surface area contributed by atoms with E-state index in [1.54, 1.807) is 17.6 Å². The van der Waals surface area contributed by atoms with E-state index in [0.29, 0.717) is 25.6 Å². The molecule has 2 aromatic heterocycles. The number of aliphatic imine (C=N–C) groups is 1. The fraction of sp³-hybridized carbons (Fsp3) is 0.333. The molecule has 0 atom stereocenters. The van der Waals surface area contributed by atoms with Crippen molar-refractivity contribution >= 4 is 17.3 Å². The Morgan fingerprint density at radius 1 is 1.25 bits per heavy atom. The summed E-state index contributed by atoms with van der Waals surface area (Å²) in [6.45, 7) is 8.57. The fourth-order valence-electron chi connectivity index (χ4n) is 2.66. The number of hydrogen-bond donors (Lipinski definition) is 2. The molecule has 0 radical (unpaired) electrons. The number of hydrogen-bond acceptors (Lipinski definition) is 5. The first-order valence-corrected chi connectivity index (χ1v) is 10.3. The van der Waals surface area contributed by atoms with Gasteiger partial charge in [-0.3, -0.25) is 0 Å². The van der Waals surface area contributed by atoms with E-state index in [0.717, 1.165) is 34.4 Å². The van der Waals surface area contributed by atoms with Gasteiger partial charge in [0.1, 0.15) is 12.0 Å². The van der Waals surface area contributed by atoms with Gasteiger partial charge in [0.2, 0.25) is 5.89 Å². The van der Waals surface area contributed by atoms with Gasteiger partial charge in [-0.25, -0.2) is 9.98 Å². The molecule has 7 heteroatoms. The lowest BCUT2D eigenvalue weighted by Crippen LogP contribution is -2.36. The number of aromatic nitrogens is 1. The number of rotatable bonds is 8. The zero-order valence-electron chi connectivity index (χ0n) is 16.5. The maximum atomic E-state index is 5.75. The van der Waals surface area contributed by atoms with Crippen LogP contribution in [0.4, 0.5) is 0 Å². The van der Waals surface area contributed by atoms with E-state index in [-0.39, 0.29) is 0 Å². The summed E-state index contributed by atoms with van der Waals surface area (Å²) in [7, 11) is 0. The zero-order chi connectivity index (χ0) is 19.8. The van der Waals surface area contributed by atoms with Crippen molar-refractivity contribution in [1.82, 2.24) is 15.6 Å². The molecule has 3 aromatic rings. The Balaban J connectivity index is 1.65. The van der Waals surface area contributed by atoms with Crippen LogP contribution in [0.3, 0.4) is 0 Å². The van der Waals surface area contributed by atoms with Crippen molar-refractivity contribution in [2.24, 2.45) is 4.99 Å². The normalized spacial score (nSPS) is 11.5. The van der Waals surface area contributed by atoms with Crippen molar-refractivity contribution in [2.75, 3.05) is 13.2 Å². The van der Waals surface area contributed by atoms with Crippen molar-refractivity contribution < 1.29 is 9.15 Å². The molecule has 0 unspecified atom stereocenters. The minimum Gasteiger partial charge on any atom is -0.494 e. The SMILES string of the molecule is CCNC(=NCc1ccc(C)cc1OCC)NCc1coc(-c2cccs2)n1. The van der Waals surface area contributed by atoms with Gasteiger partial charge in [0.15, 0.2) is 5.96 Å². The lowest BCUT2D eigenvalue weighted by molar-refractivity contribution is 0.336. The summed E-state index contributed by atoms with van der Waals surface area (Å²) >= 11 is 1.61. The summed E-state index contributed by atoms with van der Waals surface area (Å²) in [5, 5.41) is 8.58. The van der Waals surface area contributed by atoms with Crippen LogP contribution in [0.25, 0.3) is 10.8 Å². The van der Waals surface area contributed by atoms with Gasteiger partial charge in [-0.15, -0.1) is 11.3 Å². The van der Waals surface area contributed by atoms with Crippen molar-refractivity contribution in [3.05, 3.63) is 58.8 Å². The lowest BCUT2D eigenvalue weighted by Gasteiger charge is -2.12. The van der Waals surface area contributed by atoms with Crippen LogP contribution < -0.4 is 15.4 Å². The van der Waals surface area contributed by atoms with Crippen LogP contribution in [-0.4, -0.2) is 24.1 Å². The second-order valence-corrected chi connectivity index (χ2v) is 7.16. The quantitative estimate of drug-likeness (QED) is 0.436. The van der Waals surface area contributed by atoms with E-state index in [1.165, 1.54) is 5.56 Å². The third kappa shape index (κ3) is 5.36. The van der Waals surface area contributed by atoms with Gasteiger partial charge in [0.25, 0.3) is 0 Å². The molecule has 0 bridgehead atoms. The number of ether oxygens (including phenoxy) is 1. The van der Waals surface area contributed by atoms with E-state index in [2.05, 4.69) is 45.7 Å². The van der Waals surface area contributed by atoms with Gasteiger partial charge in [-0.05, 0) is 43.8 Å². The molecule has 6 nitrogen and oxygen atoms in total. The highest BCUT2D eigenvalue weighted by molar-refractivity contribution is 7.13. The van der Waals surface area contributed by atoms with Crippen LogP contribution in [0, 0.1) is 6.92 Å². The highest BCUT2D eigenvalue weighted by Crippen LogP contribution is 2.23. The first kappa shape index (κ1) is 19.9. The number of benzene rings is 1. The topological polar surface area (TPSA) is 71.7 Å². The Morgan fingerprint density at radius 3 is 2.89 bits per heavy atom. The number of nitrogens with zero attached hydrogens (tertiary/aromatic N) is 2. The fourth-order valence-corrected chi connectivity index (χ4v) is 3.32. The zero-order valence-corrected chi connectivity index (χ0v) is 17.3. The molecular formula is C21H26N4O2S. The third-order valence-electron chi connectivity index (χ3n) is 3.99. The Hall–Kier alpha value is -2.80. The number of thiophene rings is 1. The van der Waals surface area contributed by atoms with Gasteiger partial charge >= 0.3 is 0 Å². The minimum atomic E-state index is 0.532. The van der Waals surface area contributed by atoms with E-state index in [1.807, 2.05) is 31.4 Å². The molecule has 2 heterocycles. The van der Waals surface area contributed by atoms with Crippen molar-refractivity contribution in [3.63, 3.8) is 0 Å². The first-order valence-electron chi connectivity index (χ1n) is 9.42. The second-order valence-electron chi connectivity index (χ2n) is 6.21. The van der Waals surface area contributed by atoms with Crippen LogP contribution in [-0.2, 0) is 13.1 Å². The maximum Gasteiger partial charge on any atom is 0.236 e. The van der Waals surface area contributed by atoms with Gasteiger partial charge in [-0.1, -0.05) is 18.2 Å². The van der Waals surface area contributed by atoms with Gasteiger partial charge < -0.3 is 19.8 Å². The molecule has 0 aliphatic carbocycles. The number of aryl methyl sites for hydroxylation is 1. The van der Waals surface area contributed by atoms with Crippen LogP contribution >= 0.6 is 11.3 Å². The molecule has 0 saturated heterocycles. The molecule has 0 aliphatic heterocycles. The van der Waals surface area contributed by atoms with Crippen LogP contribution in [0.5, 0.6) is 5.75 Å². The molecule has 0 fully saturated rings. The van der Waals surface area contributed by atoms with Crippen molar-refractivity contribution in [2.45, 2.75) is 33.9 Å². The number of nitrogens with one attached hydrogen (secondary N) is 2. The van der Waals surface area contributed by atoms with Crippen molar-refractivity contribution in [1.29, 1.82) is 0 Å². The lowest BCUT2D eigenvalue weighted by atomic mass is 10.1. The standard InChI is InChI=1S/C21H26N4O2S/c1-4-22-21(23-12-16-9-8-15(3)11-18(16)26-5-2)24-13-17-14-27-20(25-17)19-7-6-10-28-19/h6-11,14H,4-5,12-13H2,1-3H3,(H2,22,23,24). The summed E-state index contributed by atoms with van der Waals surface area (Å²) in [5.41, 5.74) is 3.07. The van der Waals surface area contributed by atoms with Crippen molar-refractivity contribution in [3.8, 4) is 16.5 Å². The molecule has 148 valence electrons. The van der Waals surface area contributed by atoms with E-state index in [4.69, 9.17) is 9.15 Å². The number of guanidine groups is 1. The highest BCUT2D eigenvalue weighted by Gasteiger charge is 2.09. The molecule has 0 aliphatic rings. The summed E-state index contributed by atoms with van der Waals surface area (Å²) in [6.07, 6.45) is 1.68. The second kappa shape index (κ2) is 9.94. The largest absolute Gasteiger partial charge is 0.494 e. The molecule has 1 aromatic carbocycles. The molecule has 28 heavy (non-hydrogen) atoms. The maximum absolute atomic E-state index is 5.75. The monoisotopic (exact) mass is 398 g/mol. The van der Waals surface area contributed by atoms with E-state index < -0.39 is 0 Å². The average Bonchev–Trinajstić information content (AvgIpc) is 3.37. The van der Waals surface area contributed by atoms with Crippen LogP contribution in [0.1, 0.15) is 30.7 Å². The van der Waals surface area contributed by atoms with Gasteiger partial charge in [0.05, 0.1) is 30.3 Å². The Morgan fingerprint density at radius 2 is 2.14 bits per heavy atom. The average molecular weight is 399 g/mol.